The van der Waals surface area contributed by atoms with Gasteiger partial charge in [0.15, 0.2) is 0 Å². The van der Waals surface area contributed by atoms with Crippen molar-refractivity contribution in [2.45, 2.75) is 25.4 Å². The molecule has 22 heavy (non-hydrogen) atoms. The van der Waals surface area contributed by atoms with Gasteiger partial charge in [-0.25, -0.2) is 0 Å². The molecule has 114 valence electrons. The second-order valence-electron chi connectivity index (χ2n) is 5.60. The first-order valence-electron chi connectivity index (χ1n) is 7.83. The minimum Gasteiger partial charge on any atom is -0.371 e. The summed E-state index contributed by atoms with van der Waals surface area (Å²) in [5, 5.41) is 3.00. The number of fused-ring (bicyclic) bond motifs is 1. The molecule has 3 rings (SSSR count). The average Bonchev–Trinajstić information content (AvgIpc) is 2.59. The van der Waals surface area contributed by atoms with Gasteiger partial charge >= 0.3 is 0 Å². The lowest BCUT2D eigenvalue weighted by Crippen LogP contribution is -2.31. The highest BCUT2D eigenvalue weighted by Crippen LogP contribution is 2.26. The van der Waals surface area contributed by atoms with Crippen LogP contribution >= 0.6 is 0 Å². The zero-order chi connectivity index (χ0) is 15.2. The summed E-state index contributed by atoms with van der Waals surface area (Å²) in [7, 11) is 0. The number of rotatable bonds is 5. The van der Waals surface area contributed by atoms with Gasteiger partial charge in [-0.3, -0.25) is 4.79 Å². The summed E-state index contributed by atoms with van der Waals surface area (Å²) in [6.45, 7) is 1.27. The molecule has 1 aliphatic heterocycles. The quantitative estimate of drug-likeness (QED) is 0.920. The fourth-order valence-corrected chi connectivity index (χ4v) is 2.84. The van der Waals surface area contributed by atoms with Crippen LogP contribution in [0.4, 0.5) is 0 Å². The van der Waals surface area contributed by atoms with E-state index in [0.29, 0.717) is 13.0 Å². The lowest BCUT2D eigenvalue weighted by Gasteiger charge is -2.26. The summed E-state index contributed by atoms with van der Waals surface area (Å²) >= 11 is 0. The van der Waals surface area contributed by atoms with E-state index >= 15 is 0 Å². The van der Waals surface area contributed by atoms with Gasteiger partial charge in [0.1, 0.15) is 6.10 Å². The maximum Gasteiger partial charge on any atom is 0.220 e. The predicted octanol–water partition coefficient (Wildman–Crippen LogP) is 3.05. The molecule has 0 unspecified atom stereocenters. The van der Waals surface area contributed by atoms with Gasteiger partial charge in [-0.2, -0.15) is 0 Å². The molecule has 0 spiro atoms. The Morgan fingerprint density at radius 1 is 1.09 bits per heavy atom. The van der Waals surface area contributed by atoms with Gasteiger partial charge in [-0.1, -0.05) is 54.6 Å². The number of hydrogen-bond acceptors (Lipinski definition) is 2. The second kappa shape index (κ2) is 7.23. The van der Waals surface area contributed by atoms with Crippen LogP contribution in [0.15, 0.2) is 54.6 Å². The maximum absolute atomic E-state index is 12.0. The maximum atomic E-state index is 12.0. The Labute approximate surface area is 131 Å². The van der Waals surface area contributed by atoms with Crippen molar-refractivity contribution in [1.29, 1.82) is 0 Å². The molecule has 1 aliphatic rings. The molecule has 1 N–H and O–H groups in total. The second-order valence-corrected chi connectivity index (χ2v) is 5.60. The molecule has 0 fully saturated rings. The molecule has 0 aliphatic carbocycles. The molecule has 0 saturated carbocycles. The van der Waals surface area contributed by atoms with E-state index in [9.17, 15) is 4.79 Å². The first kappa shape index (κ1) is 14.8. The summed E-state index contributed by atoms with van der Waals surface area (Å²) < 4.78 is 5.80. The highest BCUT2D eigenvalue weighted by molar-refractivity contribution is 5.76. The SMILES string of the molecule is O=C(CCc1ccccc1)NC[C@H]1OCCc2ccccc21. The molecular weight excluding hydrogens is 274 g/mol. The summed E-state index contributed by atoms with van der Waals surface area (Å²) in [6, 6.07) is 18.4. The van der Waals surface area contributed by atoms with Gasteiger partial charge in [0.2, 0.25) is 5.91 Å². The molecule has 0 aromatic heterocycles. The molecule has 3 nitrogen and oxygen atoms in total. The summed E-state index contributed by atoms with van der Waals surface area (Å²) in [5.74, 6) is 0.0792. The lowest BCUT2D eigenvalue weighted by atomic mass is 9.97. The zero-order valence-corrected chi connectivity index (χ0v) is 12.6. The van der Waals surface area contributed by atoms with E-state index in [1.165, 1.54) is 16.7 Å². The Balaban J connectivity index is 1.50. The van der Waals surface area contributed by atoms with Crippen LogP contribution in [0.1, 0.15) is 29.2 Å². The third kappa shape index (κ3) is 3.74. The lowest BCUT2D eigenvalue weighted by molar-refractivity contribution is -0.121. The number of benzene rings is 2. The number of carbonyl (C=O) groups is 1. The Hall–Kier alpha value is -2.13. The predicted molar refractivity (Wildman–Crippen MR) is 86.6 cm³/mol. The van der Waals surface area contributed by atoms with Crippen molar-refractivity contribution in [3.8, 4) is 0 Å². The Kier molecular flexibility index (Phi) is 4.86. The highest BCUT2D eigenvalue weighted by Gasteiger charge is 2.20. The smallest absolute Gasteiger partial charge is 0.220 e. The first-order chi connectivity index (χ1) is 10.8. The van der Waals surface area contributed by atoms with Crippen molar-refractivity contribution in [3.63, 3.8) is 0 Å². The minimum absolute atomic E-state index is 0.0226. The van der Waals surface area contributed by atoms with Crippen LogP contribution in [0.2, 0.25) is 0 Å². The van der Waals surface area contributed by atoms with Crippen LogP contribution < -0.4 is 5.32 Å². The molecule has 0 radical (unpaired) electrons. The van der Waals surface area contributed by atoms with Crippen LogP contribution in [0.25, 0.3) is 0 Å². The number of carbonyl (C=O) groups excluding carboxylic acids is 1. The standard InChI is InChI=1S/C19H21NO2/c21-19(11-10-15-6-2-1-3-7-15)20-14-18-17-9-5-4-8-16(17)12-13-22-18/h1-9,18H,10-14H2,(H,20,21)/t18-/m1/s1. The van der Waals surface area contributed by atoms with Crippen molar-refractivity contribution in [2.24, 2.45) is 0 Å². The third-order valence-corrected chi connectivity index (χ3v) is 4.06. The Bertz CT molecular complexity index is 624. The van der Waals surface area contributed by atoms with Crippen LogP contribution in [0.3, 0.4) is 0 Å². The minimum atomic E-state index is -0.0226. The number of nitrogens with one attached hydrogen (secondary N) is 1. The van der Waals surface area contributed by atoms with Crippen molar-refractivity contribution < 1.29 is 9.53 Å². The fourth-order valence-electron chi connectivity index (χ4n) is 2.84. The van der Waals surface area contributed by atoms with Gasteiger partial charge in [-0.15, -0.1) is 0 Å². The molecule has 1 atom stereocenters. The summed E-state index contributed by atoms with van der Waals surface area (Å²) in [6.07, 6.45) is 2.22. The zero-order valence-electron chi connectivity index (χ0n) is 12.6. The van der Waals surface area contributed by atoms with Gasteiger partial charge in [-0.05, 0) is 29.5 Å². The fraction of sp³-hybridized carbons (Fsp3) is 0.316. The molecule has 2 aromatic carbocycles. The largest absolute Gasteiger partial charge is 0.371 e. The molecule has 1 heterocycles. The highest BCUT2D eigenvalue weighted by atomic mass is 16.5. The topological polar surface area (TPSA) is 38.3 Å². The van der Waals surface area contributed by atoms with E-state index in [1.807, 2.05) is 36.4 Å². The monoisotopic (exact) mass is 295 g/mol. The first-order valence-corrected chi connectivity index (χ1v) is 7.83. The third-order valence-electron chi connectivity index (χ3n) is 4.06. The van der Waals surface area contributed by atoms with Gasteiger partial charge in [0.05, 0.1) is 6.61 Å². The van der Waals surface area contributed by atoms with Gasteiger partial charge < -0.3 is 10.1 Å². The number of amides is 1. The van der Waals surface area contributed by atoms with E-state index in [1.54, 1.807) is 0 Å². The van der Waals surface area contributed by atoms with Crippen LogP contribution in [0, 0.1) is 0 Å². The van der Waals surface area contributed by atoms with Crippen LogP contribution in [0.5, 0.6) is 0 Å². The van der Waals surface area contributed by atoms with Crippen molar-refractivity contribution >= 4 is 5.91 Å². The van der Waals surface area contributed by atoms with E-state index in [-0.39, 0.29) is 12.0 Å². The van der Waals surface area contributed by atoms with E-state index in [0.717, 1.165) is 19.4 Å². The molecule has 3 heteroatoms. The normalized spacial score (nSPS) is 16.8. The van der Waals surface area contributed by atoms with E-state index in [2.05, 4.69) is 23.5 Å². The van der Waals surface area contributed by atoms with E-state index < -0.39 is 0 Å². The number of hydrogen-bond donors (Lipinski definition) is 1. The average molecular weight is 295 g/mol. The molecule has 2 aromatic rings. The number of aryl methyl sites for hydroxylation is 1. The van der Waals surface area contributed by atoms with Crippen molar-refractivity contribution in [1.82, 2.24) is 5.32 Å². The van der Waals surface area contributed by atoms with Crippen LogP contribution in [-0.2, 0) is 22.4 Å². The molecule has 0 saturated heterocycles. The molecule has 1 amide bonds. The summed E-state index contributed by atoms with van der Waals surface area (Å²) in [5.41, 5.74) is 3.73. The Morgan fingerprint density at radius 3 is 2.73 bits per heavy atom. The van der Waals surface area contributed by atoms with Crippen molar-refractivity contribution in [3.05, 3.63) is 71.3 Å². The number of ether oxygens (including phenoxy) is 1. The van der Waals surface area contributed by atoms with Gasteiger partial charge in [0.25, 0.3) is 0 Å². The van der Waals surface area contributed by atoms with Crippen LogP contribution in [-0.4, -0.2) is 19.1 Å². The molecular formula is C19H21NO2. The van der Waals surface area contributed by atoms with Gasteiger partial charge in [0, 0.05) is 13.0 Å². The van der Waals surface area contributed by atoms with Crippen molar-refractivity contribution in [2.75, 3.05) is 13.2 Å². The van der Waals surface area contributed by atoms with E-state index in [4.69, 9.17) is 4.74 Å². The summed E-state index contributed by atoms with van der Waals surface area (Å²) in [4.78, 5) is 12.0. The molecule has 0 bridgehead atoms. The Morgan fingerprint density at radius 2 is 1.86 bits per heavy atom.